The molecule has 6 nitrogen and oxygen atoms in total. The maximum Gasteiger partial charge on any atom is 0.124 e. The molecule has 0 aromatic carbocycles. The molecule has 2 aromatic heterocycles. The molecule has 0 fully saturated rings. The molecule has 86 valence electrons. The average Bonchev–Trinajstić information content (AvgIpc) is 2.90. The highest BCUT2D eigenvalue weighted by molar-refractivity contribution is 4.94. The van der Waals surface area contributed by atoms with E-state index in [4.69, 9.17) is 4.52 Å². The van der Waals surface area contributed by atoms with Gasteiger partial charge in [0.2, 0.25) is 0 Å². The van der Waals surface area contributed by atoms with E-state index >= 15 is 0 Å². The van der Waals surface area contributed by atoms with Crippen LogP contribution in [0.3, 0.4) is 0 Å². The van der Waals surface area contributed by atoms with Crippen LogP contribution in [0, 0.1) is 0 Å². The normalized spacial score (nSPS) is 12.8. The van der Waals surface area contributed by atoms with Crippen LogP contribution >= 0.6 is 0 Å². The minimum Gasteiger partial charge on any atom is -0.390 e. The lowest BCUT2D eigenvalue weighted by atomic mass is 10.3. The topological polar surface area (TPSA) is 76.1 Å². The molecular formula is C10H14N4O2. The zero-order valence-corrected chi connectivity index (χ0v) is 8.78. The van der Waals surface area contributed by atoms with Crippen LogP contribution in [0.1, 0.15) is 5.69 Å². The molecule has 0 aliphatic rings. The summed E-state index contributed by atoms with van der Waals surface area (Å²) in [4.78, 5) is 0. The third-order valence-electron chi connectivity index (χ3n) is 2.13. The van der Waals surface area contributed by atoms with Gasteiger partial charge in [-0.15, -0.1) is 0 Å². The number of aliphatic hydroxyl groups excluding tert-OH is 1. The van der Waals surface area contributed by atoms with Crippen LogP contribution < -0.4 is 5.32 Å². The van der Waals surface area contributed by atoms with E-state index in [1.165, 1.54) is 6.26 Å². The van der Waals surface area contributed by atoms with Gasteiger partial charge in [0.05, 0.1) is 18.3 Å². The highest BCUT2D eigenvalue weighted by atomic mass is 16.5. The van der Waals surface area contributed by atoms with Crippen molar-refractivity contribution < 1.29 is 9.63 Å². The van der Waals surface area contributed by atoms with E-state index in [0.29, 0.717) is 19.6 Å². The number of aliphatic hydroxyl groups is 1. The van der Waals surface area contributed by atoms with Crippen molar-refractivity contribution in [3.05, 3.63) is 36.5 Å². The fourth-order valence-electron chi connectivity index (χ4n) is 1.38. The molecule has 0 amide bonds. The lowest BCUT2D eigenvalue weighted by molar-refractivity contribution is 0.146. The Morgan fingerprint density at radius 2 is 2.50 bits per heavy atom. The van der Waals surface area contributed by atoms with Crippen LogP contribution in [0.25, 0.3) is 0 Å². The lowest BCUT2D eigenvalue weighted by Gasteiger charge is -2.10. The summed E-state index contributed by atoms with van der Waals surface area (Å²) in [5.74, 6) is 0. The monoisotopic (exact) mass is 222 g/mol. The Kier molecular flexibility index (Phi) is 3.68. The lowest BCUT2D eigenvalue weighted by Crippen LogP contribution is -2.30. The van der Waals surface area contributed by atoms with E-state index in [9.17, 15) is 5.11 Å². The first-order valence-electron chi connectivity index (χ1n) is 5.10. The van der Waals surface area contributed by atoms with Crippen LogP contribution in [-0.4, -0.2) is 32.7 Å². The van der Waals surface area contributed by atoms with Gasteiger partial charge in [-0.1, -0.05) is 5.16 Å². The number of hydrogen-bond acceptors (Lipinski definition) is 5. The maximum atomic E-state index is 9.68. The van der Waals surface area contributed by atoms with Crippen molar-refractivity contribution in [3.63, 3.8) is 0 Å². The Hall–Kier alpha value is -1.66. The first kappa shape index (κ1) is 10.8. The van der Waals surface area contributed by atoms with E-state index in [1.807, 2.05) is 12.3 Å². The Labute approximate surface area is 92.9 Å². The van der Waals surface area contributed by atoms with E-state index in [2.05, 4.69) is 15.6 Å². The number of rotatable bonds is 6. The van der Waals surface area contributed by atoms with Gasteiger partial charge in [0.1, 0.15) is 6.26 Å². The number of aromatic nitrogens is 3. The molecule has 6 heteroatoms. The Balaban J connectivity index is 1.66. The average molecular weight is 222 g/mol. The predicted octanol–water partition coefficient (Wildman–Crippen LogP) is 0.0218. The molecule has 0 aliphatic carbocycles. The van der Waals surface area contributed by atoms with Crippen molar-refractivity contribution in [2.75, 3.05) is 6.54 Å². The Bertz CT molecular complexity index is 385. The zero-order chi connectivity index (χ0) is 11.2. The van der Waals surface area contributed by atoms with Crippen molar-refractivity contribution in [2.24, 2.45) is 0 Å². The highest BCUT2D eigenvalue weighted by Crippen LogP contribution is 1.94. The third-order valence-corrected chi connectivity index (χ3v) is 2.13. The molecule has 1 unspecified atom stereocenters. The first-order chi connectivity index (χ1) is 7.84. The molecule has 16 heavy (non-hydrogen) atoms. The van der Waals surface area contributed by atoms with Crippen LogP contribution in [0.5, 0.6) is 0 Å². The summed E-state index contributed by atoms with van der Waals surface area (Å²) in [7, 11) is 0. The van der Waals surface area contributed by atoms with E-state index in [1.54, 1.807) is 16.9 Å². The van der Waals surface area contributed by atoms with Crippen molar-refractivity contribution in [3.8, 4) is 0 Å². The van der Waals surface area contributed by atoms with Gasteiger partial charge in [-0.2, -0.15) is 5.10 Å². The van der Waals surface area contributed by atoms with Crippen LogP contribution in [0.2, 0.25) is 0 Å². The largest absolute Gasteiger partial charge is 0.390 e. The van der Waals surface area contributed by atoms with E-state index in [-0.39, 0.29) is 0 Å². The second-order valence-corrected chi connectivity index (χ2v) is 3.50. The Morgan fingerprint density at radius 3 is 3.19 bits per heavy atom. The van der Waals surface area contributed by atoms with Gasteiger partial charge in [-0.25, -0.2) is 0 Å². The summed E-state index contributed by atoms with van der Waals surface area (Å²) < 4.78 is 6.39. The van der Waals surface area contributed by atoms with Crippen molar-refractivity contribution in [1.29, 1.82) is 0 Å². The summed E-state index contributed by atoms with van der Waals surface area (Å²) in [6.07, 6.45) is 4.57. The van der Waals surface area contributed by atoms with Gasteiger partial charge in [0.15, 0.2) is 0 Å². The summed E-state index contributed by atoms with van der Waals surface area (Å²) in [5.41, 5.74) is 0.825. The minimum absolute atomic E-state index is 0.466. The molecule has 0 bridgehead atoms. The molecule has 2 aromatic rings. The molecule has 0 saturated carbocycles. The fourth-order valence-corrected chi connectivity index (χ4v) is 1.38. The molecule has 0 saturated heterocycles. The van der Waals surface area contributed by atoms with Gasteiger partial charge in [0.25, 0.3) is 0 Å². The van der Waals surface area contributed by atoms with Gasteiger partial charge < -0.3 is 14.9 Å². The molecule has 0 radical (unpaired) electrons. The Morgan fingerprint density at radius 1 is 1.56 bits per heavy atom. The van der Waals surface area contributed by atoms with E-state index in [0.717, 1.165) is 5.69 Å². The van der Waals surface area contributed by atoms with Crippen LogP contribution in [0.15, 0.2) is 35.3 Å². The van der Waals surface area contributed by atoms with Gasteiger partial charge in [0, 0.05) is 31.5 Å². The molecule has 2 rings (SSSR count). The molecule has 0 spiro atoms. The molecular weight excluding hydrogens is 208 g/mol. The fraction of sp³-hybridized carbons (Fsp3) is 0.400. The van der Waals surface area contributed by atoms with Crippen molar-refractivity contribution >= 4 is 0 Å². The van der Waals surface area contributed by atoms with Gasteiger partial charge in [-0.05, 0) is 6.07 Å². The van der Waals surface area contributed by atoms with Gasteiger partial charge in [-0.3, -0.25) is 4.68 Å². The molecule has 1 atom stereocenters. The molecule has 2 heterocycles. The second kappa shape index (κ2) is 5.43. The third kappa shape index (κ3) is 3.18. The maximum absolute atomic E-state index is 9.68. The summed E-state index contributed by atoms with van der Waals surface area (Å²) in [6.45, 7) is 1.57. The predicted molar refractivity (Wildman–Crippen MR) is 56.4 cm³/mol. The number of nitrogens with one attached hydrogen (secondary N) is 1. The quantitative estimate of drug-likeness (QED) is 0.720. The SMILES string of the molecule is OC(CNCc1ccon1)Cn1cccn1. The first-order valence-corrected chi connectivity index (χ1v) is 5.10. The number of hydrogen-bond donors (Lipinski definition) is 2. The van der Waals surface area contributed by atoms with Crippen molar-refractivity contribution in [1.82, 2.24) is 20.3 Å². The molecule has 0 aliphatic heterocycles. The van der Waals surface area contributed by atoms with Gasteiger partial charge >= 0.3 is 0 Å². The second-order valence-electron chi connectivity index (χ2n) is 3.50. The molecule has 2 N–H and O–H groups in total. The standard InChI is InChI=1S/C10H14N4O2/c15-10(8-14-4-1-3-12-14)7-11-6-9-2-5-16-13-9/h1-5,10-11,15H,6-8H2. The van der Waals surface area contributed by atoms with Crippen molar-refractivity contribution in [2.45, 2.75) is 19.2 Å². The smallest absolute Gasteiger partial charge is 0.124 e. The highest BCUT2D eigenvalue weighted by Gasteiger charge is 2.05. The summed E-state index contributed by atoms with van der Waals surface area (Å²) in [6, 6.07) is 3.61. The van der Waals surface area contributed by atoms with Crippen LogP contribution in [0.4, 0.5) is 0 Å². The zero-order valence-electron chi connectivity index (χ0n) is 8.78. The van der Waals surface area contributed by atoms with E-state index < -0.39 is 6.10 Å². The minimum atomic E-state index is -0.466. The van der Waals surface area contributed by atoms with Crippen LogP contribution in [-0.2, 0) is 13.1 Å². The summed E-state index contributed by atoms with van der Waals surface area (Å²) in [5, 5.41) is 20.5. The number of nitrogens with zero attached hydrogens (tertiary/aromatic N) is 3. The summed E-state index contributed by atoms with van der Waals surface area (Å²) >= 11 is 0.